The SMILES string of the molecule is O=C(Cc1ccc(-c2ccc(C(=O)NCCN3CCOCC3)cc2)cc1)Nc1cc(C2CC2)[nH]n1. The summed E-state index contributed by atoms with van der Waals surface area (Å²) in [6, 6.07) is 17.4. The van der Waals surface area contributed by atoms with Crippen molar-refractivity contribution in [3.05, 3.63) is 71.4 Å². The van der Waals surface area contributed by atoms with Crippen LogP contribution in [0.4, 0.5) is 5.82 Å². The van der Waals surface area contributed by atoms with Crippen molar-refractivity contribution in [2.45, 2.75) is 25.2 Å². The van der Waals surface area contributed by atoms with Crippen LogP contribution in [0.1, 0.15) is 40.4 Å². The van der Waals surface area contributed by atoms with E-state index in [-0.39, 0.29) is 18.2 Å². The molecule has 2 amide bonds. The first-order chi connectivity index (χ1) is 17.1. The zero-order chi connectivity index (χ0) is 24.0. The normalized spacial score (nSPS) is 16.1. The molecule has 5 rings (SSSR count). The first-order valence-electron chi connectivity index (χ1n) is 12.3. The minimum Gasteiger partial charge on any atom is -0.379 e. The van der Waals surface area contributed by atoms with Gasteiger partial charge in [0.25, 0.3) is 5.91 Å². The molecule has 0 unspecified atom stereocenters. The lowest BCUT2D eigenvalue weighted by molar-refractivity contribution is -0.115. The molecule has 0 radical (unpaired) electrons. The Labute approximate surface area is 205 Å². The number of morpholine rings is 1. The van der Waals surface area contributed by atoms with E-state index in [4.69, 9.17) is 4.74 Å². The monoisotopic (exact) mass is 473 g/mol. The fourth-order valence-electron chi connectivity index (χ4n) is 4.26. The molecule has 8 heteroatoms. The number of hydrogen-bond donors (Lipinski definition) is 3. The van der Waals surface area contributed by atoms with Gasteiger partial charge in [-0.05, 0) is 41.7 Å². The molecule has 0 bridgehead atoms. The van der Waals surface area contributed by atoms with Crippen molar-refractivity contribution in [2.75, 3.05) is 44.7 Å². The number of aromatic amines is 1. The zero-order valence-corrected chi connectivity index (χ0v) is 19.8. The standard InChI is InChI=1S/C27H31N5O3/c33-26(29-25-18-24(30-31-25)22-7-8-22)17-19-1-3-20(4-2-19)21-5-9-23(10-6-21)27(34)28-11-12-32-13-15-35-16-14-32/h1-6,9-10,18,22H,7-8,11-17H2,(H,28,34)(H2,29,30,31,33). The lowest BCUT2D eigenvalue weighted by Gasteiger charge is -2.26. The molecule has 2 aromatic carbocycles. The van der Waals surface area contributed by atoms with Crippen LogP contribution in [0.5, 0.6) is 0 Å². The van der Waals surface area contributed by atoms with Gasteiger partial charge in [-0.2, -0.15) is 5.10 Å². The van der Waals surface area contributed by atoms with Gasteiger partial charge in [-0.25, -0.2) is 0 Å². The molecule has 35 heavy (non-hydrogen) atoms. The number of aromatic nitrogens is 2. The van der Waals surface area contributed by atoms with Crippen LogP contribution in [0.15, 0.2) is 54.6 Å². The van der Waals surface area contributed by atoms with Crippen LogP contribution < -0.4 is 10.6 Å². The van der Waals surface area contributed by atoms with Crippen LogP contribution in [0.2, 0.25) is 0 Å². The van der Waals surface area contributed by atoms with Crippen molar-refractivity contribution in [2.24, 2.45) is 0 Å². The highest BCUT2D eigenvalue weighted by molar-refractivity contribution is 5.94. The topological polar surface area (TPSA) is 99.4 Å². The number of rotatable bonds is 9. The maximum Gasteiger partial charge on any atom is 0.251 e. The second-order valence-corrected chi connectivity index (χ2v) is 9.19. The summed E-state index contributed by atoms with van der Waals surface area (Å²) in [6.07, 6.45) is 2.66. The Morgan fingerprint density at radius 2 is 1.69 bits per heavy atom. The average molecular weight is 474 g/mol. The second kappa shape index (κ2) is 10.8. The van der Waals surface area contributed by atoms with E-state index < -0.39 is 0 Å². The molecule has 1 aliphatic carbocycles. The molecule has 182 valence electrons. The van der Waals surface area contributed by atoms with E-state index in [1.807, 2.05) is 54.6 Å². The van der Waals surface area contributed by atoms with Gasteiger partial charge in [0.1, 0.15) is 0 Å². The lowest BCUT2D eigenvalue weighted by Crippen LogP contribution is -2.41. The fourth-order valence-corrected chi connectivity index (χ4v) is 4.26. The molecule has 2 aliphatic rings. The quantitative estimate of drug-likeness (QED) is 0.443. The summed E-state index contributed by atoms with van der Waals surface area (Å²) in [4.78, 5) is 27.1. The van der Waals surface area contributed by atoms with Gasteiger partial charge >= 0.3 is 0 Å². The molecule has 3 aromatic rings. The third kappa shape index (κ3) is 6.35. The van der Waals surface area contributed by atoms with Crippen LogP contribution in [0.3, 0.4) is 0 Å². The van der Waals surface area contributed by atoms with Crippen molar-refractivity contribution in [3.8, 4) is 11.1 Å². The number of nitrogens with zero attached hydrogens (tertiary/aromatic N) is 2. The van der Waals surface area contributed by atoms with E-state index in [0.717, 1.165) is 55.2 Å². The Morgan fingerprint density at radius 3 is 2.37 bits per heavy atom. The smallest absolute Gasteiger partial charge is 0.251 e. The molecular formula is C27H31N5O3. The Morgan fingerprint density at radius 1 is 1.00 bits per heavy atom. The minimum atomic E-state index is -0.0874. The van der Waals surface area contributed by atoms with Gasteiger partial charge < -0.3 is 15.4 Å². The van der Waals surface area contributed by atoms with E-state index in [1.54, 1.807) is 0 Å². The predicted molar refractivity (Wildman–Crippen MR) is 134 cm³/mol. The molecule has 1 aliphatic heterocycles. The van der Waals surface area contributed by atoms with Crippen molar-refractivity contribution >= 4 is 17.6 Å². The summed E-state index contributed by atoms with van der Waals surface area (Å²) < 4.78 is 5.35. The number of H-pyrrole nitrogens is 1. The molecule has 2 fully saturated rings. The summed E-state index contributed by atoms with van der Waals surface area (Å²) in [5.41, 5.74) is 4.73. The van der Waals surface area contributed by atoms with Gasteiger partial charge in [0.15, 0.2) is 5.82 Å². The molecule has 0 spiro atoms. The highest BCUT2D eigenvalue weighted by Crippen LogP contribution is 2.39. The van der Waals surface area contributed by atoms with Gasteiger partial charge in [-0.1, -0.05) is 36.4 Å². The van der Waals surface area contributed by atoms with Gasteiger partial charge in [0, 0.05) is 49.4 Å². The summed E-state index contributed by atoms with van der Waals surface area (Å²) in [5.74, 6) is 1.01. The van der Waals surface area contributed by atoms with Crippen LogP contribution in [0.25, 0.3) is 11.1 Å². The summed E-state index contributed by atoms with van der Waals surface area (Å²) >= 11 is 0. The number of amides is 2. The summed E-state index contributed by atoms with van der Waals surface area (Å²) in [6.45, 7) is 4.81. The number of ether oxygens (including phenoxy) is 1. The molecular weight excluding hydrogens is 442 g/mol. The molecule has 1 saturated heterocycles. The van der Waals surface area contributed by atoms with Crippen molar-refractivity contribution in [1.29, 1.82) is 0 Å². The number of hydrogen-bond acceptors (Lipinski definition) is 5. The van der Waals surface area contributed by atoms with E-state index in [9.17, 15) is 9.59 Å². The fraction of sp³-hybridized carbons (Fsp3) is 0.370. The number of carbonyl (C=O) groups excluding carboxylic acids is 2. The first kappa shape index (κ1) is 23.3. The highest BCUT2D eigenvalue weighted by atomic mass is 16.5. The molecule has 0 atom stereocenters. The maximum atomic E-state index is 12.5. The van der Waals surface area contributed by atoms with E-state index in [1.165, 1.54) is 12.8 Å². The molecule has 2 heterocycles. The Hall–Kier alpha value is -3.49. The number of anilines is 1. The van der Waals surface area contributed by atoms with E-state index in [0.29, 0.717) is 23.8 Å². The second-order valence-electron chi connectivity index (χ2n) is 9.19. The Bertz CT molecular complexity index is 1150. The predicted octanol–water partition coefficient (Wildman–Crippen LogP) is 3.20. The largest absolute Gasteiger partial charge is 0.379 e. The molecule has 3 N–H and O–H groups in total. The maximum absolute atomic E-state index is 12.5. The van der Waals surface area contributed by atoms with Gasteiger partial charge in [0.05, 0.1) is 19.6 Å². The average Bonchev–Trinajstić information content (AvgIpc) is 3.64. The van der Waals surface area contributed by atoms with Crippen molar-refractivity contribution < 1.29 is 14.3 Å². The number of benzene rings is 2. The van der Waals surface area contributed by atoms with Crippen molar-refractivity contribution in [1.82, 2.24) is 20.4 Å². The van der Waals surface area contributed by atoms with Gasteiger partial charge in [-0.3, -0.25) is 19.6 Å². The summed E-state index contributed by atoms with van der Waals surface area (Å²) in [7, 11) is 0. The van der Waals surface area contributed by atoms with Gasteiger partial charge in [-0.15, -0.1) is 0 Å². The minimum absolute atomic E-state index is 0.0627. The summed E-state index contributed by atoms with van der Waals surface area (Å²) in [5, 5.41) is 13.0. The van der Waals surface area contributed by atoms with E-state index >= 15 is 0 Å². The molecule has 1 aromatic heterocycles. The molecule has 1 saturated carbocycles. The van der Waals surface area contributed by atoms with Crippen molar-refractivity contribution in [3.63, 3.8) is 0 Å². The zero-order valence-electron chi connectivity index (χ0n) is 19.8. The number of nitrogens with one attached hydrogen (secondary N) is 3. The third-order valence-corrected chi connectivity index (χ3v) is 6.50. The number of carbonyl (C=O) groups is 2. The highest BCUT2D eigenvalue weighted by Gasteiger charge is 2.25. The van der Waals surface area contributed by atoms with Crippen LogP contribution in [0, 0.1) is 0 Å². The van der Waals surface area contributed by atoms with E-state index in [2.05, 4.69) is 25.7 Å². The van der Waals surface area contributed by atoms with Gasteiger partial charge in [0.2, 0.25) is 5.91 Å². The Kier molecular flexibility index (Phi) is 7.20. The van der Waals surface area contributed by atoms with Crippen LogP contribution in [-0.2, 0) is 16.0 Å². The third-order valence-electron chi connectivity index (χ3n) is 6.50. The van der Waals surface area contributed by atoms with Crippen LogP contribution in [-0.4, -0.2) is 66.3 Å². The lowest BCUT2D eigenvalue weighted by atomic mass is 10.0. The Balaban J connectivity index is 1.10. The van der Waals surface area contributed by atoms with Crippen LogP contribution >= 0.6 is 0 Å². The first-order valence-corrected chi connectivity index (χ1v) is 12.3. The molecule has 8 nitrogen and oxygen atoms in total.